The van der Waals surface area contributed by atoms with Crippen LogP contribution in [0.15, 0.2) is 30.5 Å². The van der Waals surface area contributed by atoms with E-state index in [1.54, 1.807) is 11.1 Å². The molecule has 0 fully saturated rings. The van der Waals surface area contributed by atoms with E-state index in [4.69, 9.17) is 9.47 Å². The summed E-state index contributed by atoms with van der Waals surface area (Å²) in [6, 6.07) is 7.80. The molecule has 1 aliphatic heterocycles. The van der Waals surface area contributed by atoms with Gasteiger partial charge < -0.3 is 14.4 Å². The lowest BCUT2D eigenvalue weighted by atomic mass is 10.2. The quantitative estimate of drug-likeness (QED) is 0.799. The Morgan fingerprint density at radius 1 is 1.38 bits per heavy atom. The molecule has 3 heterocycles. The second kappa shape index (κ2) is 7.55. The number of rotatable bonds is 6. The molecule has 1 amide bonds. The van der Waals surface area contributed by atoms with E-state index >= 15 is 0 Å². The first-order valence-corrected chi connectivity index (χ1v) is 7.96. The molecule has 128 valence electrons. The van der Waals surface area contributed by atoms with Gasteiger partial charge in [0.05, 0.1) is 37.2 Å². The van der Waals surface area contributed by atoms with Crippen molar-refractivity contribution >= 4 is 5.91 Å². The lowest BCUT2D eigenvalue weighted by Gasteiger charge is -2.33. The van der Waals surface area contributed by atoms with Crippen molar-refractivity contribution in [1.29, 1.82) is 0 Å². The number of aromatic nitrogens is 3. The molecule has 0 N–H and O–H groups in total. The van der Waals surface area contributed by atoms with Crippen LogP contribution in [-0.4, -0.2) is 52.4 Å². The fourth-order valence-corrected chi connectivity index (χ4v) is 2.89. The maximum absolute atomic E-state index is 12.1. The predicted octanol–water partition coefficient (Wildman–Crippen LogP) is 1.33. The van der Waals surface area contributed by atoms with Crippen LogP contribution in [0.25, 0.3) is 0 Å². The van der Waals surface area contributed by atoms with Gasteiger partial charge in [-0.2, -0.15) is 5.10 Å². The third-order valence-corrected chi connectivity index (χ3v) is 4.01. The van der Waals surface area contributed by atoms with E-state index in [1.807, 2.05) is 35.9 Å². The minimum absolute atomic E-state index is 0.00522. The summed E-state index contributed by atoms with van der Waals surface area (Å²) in [5.74, 6) is -0.0182. The minimum Gasteiger partial charge on any atom is -0.375 e. The van der Waals surface area contributed by atoms with Crippen molar-refractivity contribution in [1.82, 2.24) is 19.7 Å². The summed E-state index contributed by atoms with van der Waals surface area (Å²) in [4.78, 5) is 18.3. The van der Waals surface area contributed by atoms with Crippen molar-refractivity contribution in [3.8, 4) is 0 Å². The highest BCUT2D eigenvalue weighted by molar-refractivity contribution is 5.77. The Labute approximate surface area is 141 Å². The summed E-state index contributed by atoms with van der Waals surface area (Å²) < 4.78 is 12.7. The lowest BCUT2D eigenvalue weighted by molar-refractivity contribution is -0.137. The van der Waals surface area contributed by atoms with Crippen molar-refractivity contribution in [3.05, 3.63) is 47.5 Å². The second-order valence-corrected chi connectivity index (χ2v) is 5.91. The van der Waals surface area contributed by atoms with Crippen LogP contribution in [-0.2, 0) is 27.4 Å². The number of hydrogen-bond acceptors (Lipinski definition) is 5. The van der Waals surface area contributed by atoms with Crippen LogP contribution in [0, 0.1) is 6.92 Å². The lowest BCUT2D eigenvalue weighted by Crippen LogP contribution is -2.44. The Morgan fingerprint density at radius 2 is 2.25 bits per heavy atom. The average molecular weight is 330 g/mol. The number of carbonyl (C=O) groups excluding carboxylic acids is 1. The monoisotopic (exact) mass is 330 g/mol. The first-order chi connectivity index (χ1) is 11.7. The first-order valence-electron chi connectivity index (χ1n) is 7.96. The fraction of sp³-hybridized carbons (Fsp3) is 0.471. The second-order valence-electron chi connectivity index (χ2n) is 5.91. The molecule has 1 atom stereocenters. The number of hydrogen-bond donors (Lipinski definition) is 0. The van der Waals surface area contributed by atoms with Gasteiger partial charge in [-0.1, -0.05) is 6.07 Å². The molecular weight excluding hydrogens is 308 g/mol. The highest BCUT2D eigenvalue weighted by atomic mass is 16.5. The number of nitrogens with zero attached hydrogens (tertiary/aromatic N) is 4. The maximum Gasteiger partial charge on any atom is 0.248 e. The van der Waals surface area contributed by atoms with Crippen LogP contribution >= 0.6 is 0 Å². The van der Waals surface area contributed by atoms with Gasteiger partial charge in [0.2, 0.25) is 5.91 Å². The molecule has 24 heavy (non-hydrogen) atoms. The maximum atomic E-state index is 12.1. The van der Waals surface area contributed by atoms with Gasteiger partial charge in [0.15, 0.2) is 0 Å². The predicted molar refractivity (Wildman–Crippen MR) is 87.2 cm³/mol. The first kappa shape index (κ1) is 16.6. The zero-order valence-electron chi connectivity index (χ0n) is 14.0. The molecule has 0 saturated heterocycles. The van der Waals surface area contributed by atoms with E-state index in [1.165, 1.54) is 7.11 Å². The van der Waals surface area contributed by atoms with Crippen molar-refractivity contribution in [3.63, 3.8) is 0 Å². The molecule has 0 unspecified atom stereocenters. The number of pyridine rings is 1. The molecule has 0 saturated carbocycles. The third-order valence-electron chi connectivity index (χ3n) is 4.01. The van der Waals surface area contributed by atoms with Gasteiger partial charge >= 0.3 is 0 Å². The van der Waals surface area contributed by atoms with E-state index in [-0.39, 0.29) is 18.6 Å². The van der Waals surface area contributed by atoms with Gasteiger partial charge in [-0.05, 0) is 25.1 Å². The van der Waals surface area contributed by atoms with Crippen molar-refractivity contribution in [2.45, 2.75) is 26.1 Å². The Kier molecular flexibility index (Phi) is 5.22. The van der Waals surface area contributed by atoms with Gasteiger partial charge in [-0.15, -0.1) is 0 Å². The SMILES string of the molecule is COCC(=O)N1Cc2ccnn2[C@H](COCc2cccc(C)n2)C1. The van der Waals surface area contributed by atoms with Crippen LogP contribution in [0.1, 0.15) is 23.1 Å². The van der Waals surface area contributed by atoms with Crippen LogP contribution in [0.5, 0.6) is 0 Å². The third kappa shape index (κ3) is 3.80. The van der Waals surface area contributed by atoms with E-state index < -0.39 is 0 Å². The van der Waals surface area contributed by atoms with Crippen molar-refractivity contribution < 1.29 is 14.3 Å². The average Bonchev–Trinajstić information content (AvgIpc) is 3.04. The van der Waals surface area contributed by atoms with Gasteiger partial charge in [0.25, 0.3) is 0 Å². The van der Waals surface area contributed by atoms with E-state index in [0.717, 1.165) is 17.1 Å². The van der Waals surface area contributed by atoms with Gasteiger partial charge in [-0.25, -0.2) is 0 Å². The molecule has 0 spiro atoms. The Morgan fingerprint density at radius 3 is 3.04 bits per heavy atom. The van der Waals surface area contributed by atoms with Gasteiger partial charge in [-0.3, -0.25) is 14.5 Å². The summed E-state index contributed by atoms with van der Waals surface area (Å²) >= 11 is 0. The standard InChI is InChI=1S/C17H22N4O3/c1-13-4-3-5-14(19-13)10-24-11-16-9-20(17(22)12-23-2)8-15-6-7-18-21(15)16/h3-7,16H,8-12H2,1-2H3/t16-/m0/s1. The van der Waals surface area contributed by atoms with E-state index in [9.17, 15) is 4.79 Å². The zero-order valence-corrected chi connectivity index (χ0v) is 14.0. The van der Waals surface area contributed by atoms with Crippen molar-refractivity contribution in [2.24, 2.45) is 0 Å². The Bertz CT molecular complexity index is 701. The molecule has 0 bridgehead atoms. The number of ether oxygens (including phenoxy) is 2. The summed E-state index contributed by atoms with van der Waals surface area (Å²) in [5.41, 5.74) is 2.88. The normalized spacial score (nSPS) is 16.9. The van der Waals surface area contributed by atoms with Crippen LogP contribution in [0.3, 0.4) is 0 Å². The number of aryl methyl sites for hydroxylation is 1. The molecule has 3 rings (SSSR count). The van der Waals surface area contributed by atoms with Crippen LogP contribution < -0.4 is 0 Å². The summed E-state index contributed by atoms with van der Waals surface area (Å²) in [7, 11) is 1.53. The highest BCUT2D eigenvalue weighted by Crippen LogP contribution is 2.21. The number of carbonyl (C=O) groups is 1. The number of amides is 1. The van der Waals surface area contributed by atoms with Crippen LogP contribution in [0.4, 0.5) is 0 Å². The summed E-state index contributed by atoms with van der Waals surface area (Å²) in [6.45, 7) is 4.09. The van der Waals surface area contributed by atoms with Gasteiger partial charge in [0.1, 0.15) is 6.61 Å². The molecule has 2 aromatic rings. The number of fused-ring (bicyclic) bond motifs is 1. The summed E-state index contributed by atoms with van der Waals surface area (Å²) in [6.07, 6.45) is 1.76. The fourth-order valence-electron chi connectivity index (χ4n) is 2.89. The molecule has 2 aromatic heterocycles. The molecular formula is C17H22N4O3. The highest BCUT2D eigenvalue weighted by Gasteiger charge is 2.28. The molecule has 0 aromatic carbocycles. The molecule has 0 aliphatic carbocycles. The Balaban J connectivity index is 1.62. The summed E-state index contributed by atoms with van der Waals surface area (Å²) in [5, 5.41) is 4.37. The van der Waals surface area contributed by atoms with Gasteiger partial charge in [0, 0.05) is 25.5 Å². The van der Waals surface area contributed by atoms with Crippen molar-refractivity contribution in [2.75, 3.05) is 26.9 Å². The Hall–Kier alpha value is -2.25. The molecule has 1 aliphatic rings. The van der Waals surface area contributed by atoms with E-state index in [0.29, 0.717) is 26.3 Å². The molecule has 7 nitrogen and oxygen atoms in total. The largest absolute Gasteiger partial charge is 0.375 e. The van der Waals surface area contributed by atoms with E-state index in [2.05, 4.69) is 10.1 Å². The smallest absolute Gasteiger partial charge is 0.248 e. The molecule has 0 radical (unpaired) electrons. The number of methoxy groups -OCH3 is 1. The zero-order chi connectivity index (χ0) is 16.9. The minimum atomic E-state index is -0.0182. The van der Waals surface area contributed by atoms with Crippen LogP contribution in [0.2, 0.25) is 0 Å². The topological polar surface area (TPSA) is 69.5 Å². The molecule has 7 heteroatoms.